The van der Waals surface area contributed by atoms with E-state index in [0.29, 0.717) is 45.6 Å². The summed E-state index contributed by atoms with van der Waals surface area (Å²) in [6.45, 7) is 5.47. The largest absolute Gasteiger partial charge is 0.481 e. The van der Waals surface area contributed by atoms with Crippen molar-refractivity contribution >= 4 is 11.9 Å². The molecule has 2 aliphatic heterocycles. The van der Waals surface area contributed by atoms with Gasteiger partial charge >= 0.3 is 5.97 Å². The molecule has 2 rings (SSSR count). The number of carbonyl (C=O) groups excluding carboxylic acids is 1. The molecule has 2 heterocycles. The fourth-order valence-electron chi connectivity index (χ4n) is 3.13. The maximum atomic E-state index is 12.6. The Morgan fingerprint density at radius 3 is 2.40 bits per heavy atom. The maximum absolute atomic E-state index is 12.6. The number of ether oxygens (including phenoxy) is 1. The molecule has 3 N–H and O–H groups in total. The molecule has 6 heteroatoms. The third-order valence-corrected chi connectivity index (χ3v) is 5.14. The zero-order valence-electron chi connectivity index (χ0n) is 12.2. The Kier molecular flexibility index (Phi) is 4.07. The number of rotatable bonds is 3. The van der Waals surface area contributed by atoms with Crippen molar-refractivity contribution in [1.29, 1.82) is 0 Å². The molecule has 2 unspecified atom stereocenters. The fraction of sp³-hybridized carbons (Fsp3) is 0.857. The summed E-state index contributed by atoms with van der Waals surface area (Å²) in [5, 5.41) is 9.37. The molecule has 2 fully saturated rings. The quantitative estimate of drug-likeness (QED) is 0.785. The first-order valence-corrected chi connectivity index (χ1v) is 7.22. The van der Waals surface area contributed by atoms with Crippen molar-refractivity contribution in [2.45, 2.75) is 39.2 Å². The third-order valence-electron chi connectivity index (χ3n) is 5.14. The van der Waals surface area contributed by atoms with Gasteiger partial charge < -0.3 is 20.5 Å². The van der Waals surface area contributed by atoms with Crippen LogP contribution in [0, 0.1) is 10.8 Å². The molecule has 20 heavy (non-hydrogen) atoms. The highest BCUT2D eigenvalue weighted by Crippen LogP contribution is 2.37. The van der Waals surface area contributed by atoms with E-state index >= 15 is 0 Å². The van der Waals surface area contributed by atoms with Crippen LogP contribution in [0.3, 0.4) is 0 Å². The van der Waals surface area contributed by atoms with Crippen molar-refractivity contribution in [2.75, 3.05) is 26.3 Å². The van der Waals surface area contributed by atoms with Crippen molar-refractivity contribution in [2.24, 2.45) is 16.6 Å². The second kappa shape index (κ2) is 5.33. The van der Waals surface area contributed by atoms with E-state index in [1.807, 2.05) is 13.8 Å². The Morgan fingerprint density at radius 1 is 1.40 bits per heavy atom. The number of carboxylic acids is 1. The topological polar surface area (TPSA) is 92.9 Å². The number of carboxylic acid groups (broad SMARTS) is 1. The van der Waals surface area contributed by atoms with Crippen molar-refractivity contribution in [3.8, 4) is 0 Å². The Morgan fingerprint density at radius 2 is 2.00 bits per heavy atom. The van der Waals surface area contributed by atoms with Crippen LogP contribution >= 0.6 is 0 Å². The number of nitrogens with two attached hydrogens (primary N) is 1. The van der Waals surface area contributed by atoms with Gasteiger partial charge in [-0.2, -0.15) is 0 Å². The molecule has 0 aromatic heterocycles. The number of hydrogen-bond donors (Lipinski definition) is 2. The predicted octanol–water partition coefficient (Wildman–Crippen LogP) is 0.454. The maximum Gasteiger partial charge on any atom is 0.309 e. The van der Waals surface area contributed by atoms with Gasteiger partial charge in [0.15, 0.2) is 0 Å². The van der Waals surface area contributed by atoms with Gasteiger partial charge in [-0.25, -0.2) is 0 Å². The van der Waals surface area contributed by atoms with Crippen molar-refractivity contribution in [3.05, 3.63) is 0 Å². The lowest BCUT2D eigenvalue weighted by Crippen LogP contribution is -2.55. The number of carbonyl (C=O) groups is 2. The van der Waals surface area contributed by atoms with Gasteiger partial charge in [-0.1, -0.05) is 6.92 Å². The second-order valence-corrected chi connectivity index (χ2v) is 6.27. The molecular formula is C14H24N2O4. The molecule has 0 spiro atoms. The van der Waals surface area contributed by atoms with Crippen LogP contribution in [-0.2, 0) is 14.3 Å². The second-order valence-electron chi connectivity index (χ2n) is 6.27. The summed E-state index contributed by atoms with van der Waals surface area (Å²) in [4.78, 5) is 25.8. The SMILES string of the molecule is CCC1(C(=O)O)CCN(C(=O)C2(C)COCC2N)CC1. The van der Waals surface area contributed by atoms with Gasteiger partial charge in [0.1, 0.15) is 0 Å². The lowest BCUT2D eigenvalue weighted by atomic mass is 9.75. The summed E-state index contributed by atoms with van der Waals surface area (Å²) >= 11 is 0. The minimum atomic E-state index is -0.751. The highest BCUT2D eigenvalue weighted by atomic mass is 16.5. The number of hydrogen-bond acceptors (Lipinski definition) is 4. The zero-order chi connectivity index (χ0) is 15.0. The van der Waals surface area contributed by atoms with Crippen LogP contribution < -0.4 is 5.73 Å². The Balaban J connectivity index is 2.04. The summed E-state index contributed by atoms with van der Waals surface area (Å²) in [6.07, 6.45) is 1.62. The Bertz CT molecular complexity index is 404. The van der Waals surface area contributed by atoms with Gasteiger partial charge in [0.2, 0.25) is 5.91 Å². The van der Waals surface area contributed by atoms with Crippen LogP contribution in [0.2, 0.25) is 0 Å². The normalized spacial score (nSPS) is 33.1. The van der Waals surface area contributed by atoms with Gasteiger partial charge in [0.05, 0.1) is 24.0 Å². The molecule has 2 saturated heterocycles. The van der Waals surface area contributed by atoms with E-state index < -0.39 is 16.8 Å². The van der Waals surface area contributed by atoms with Crippen LogP contribution in [0.15, 0.2) is 0 Å². The Labute approximate surface area is 119 Å². The van der Waals surface area contributed by atoms with Gasteiger partial charge in [-0.05, 0) is 26.2 Å². The molecule has 0 bridgehead atoms. The first-order chi connectivity index (χ1) is 9.35. The number of likely N-dealkylation sites (tertiary alicyclic amines) is 1. The monoisotopic (exact) mass is 284 g/mol. The molecule has 2 atom stereocenters. The number of aliphatic carboxylic acids is 1. The summed E-state index contributed by atoms with van der Waals surface area (Å²) in [6, 6.07) is -0.285. The summed E-state index contributed by atoms with van der Waals surface area (Å²) in [7, 11) is 0. The minimum absolute atomic E-state index is 0.00223. The molecule has 0 aliphatic carbocycles. The highest BCUT2D eigenvalue weighted by Gasteiger charge is 2.48. The van der Waals surface area contributed by atoms with E-state index in [0.717, 1.165) is 0 Å². The standard InChI is InChI=1S/C14H24N2O4/c1-3-14(12(18)19)4-6-16(7-5-14)11(17)13(2)9-20-8-10(13)15/h10H,3-9,15H2,1-2H3,(H,18,19). The van der Waals surface area contributed by atoms with E-state index in [-0.39, 0.29) is 11.9 Å². The molecule has 6 nitrogen and oxygen atoms in total. The molecule has 0 aromatic rings. The average Bonchev–Trinajstić information content (AvgIpc) is 2.79. The number of amides is 1. The molecule has 1 amide bonds. The van der Waals surface area contributed by atoms with Crippen LogP contribution in [0.4, 0.5) is 0 Å². The summed E-state index contributed by atoms with van der Waals surface area (Å²) in [5.41, 5.74) is 4.64. The van der Waals surface area contributed by atoms with Crippen LogP contribution in [0.1, 0.15) is 33.1 Å². The fourth-order valence-corrected chi connectivity index (χ4v) is 3.13. The van der Waals surface area contributed by atoms with Crippen LogP contribution in [0.5, 0.6) is 0 Å². The smallest absolute Gasteiger partial charge is 0.309 e. The molecular weight excluding hydrogens is 260 g/mol. The Hall–Kier alpha value is -1.14. The van der Waals surface area contributed by atoms with E-state index in [4.69, 9.17) is 10.5 Å². The van der Waals surface area contributed by atoms with E-state index in [9.17, 15) is 14.7 Å². The van der Waals surface area contributed by atoms with Crippen LogP contribution in [-0.4, -0.2) is 54.2 Å². The lowest BCUT2D eigenvalue weighted by molar-refractivity contribution is -0.157. The van der Waals surface area contributed by atoms with Gasteiger partial charge in [0.25, 0.3) is 0 Å². The first-order valence-electron chi connectivity index (χ1n) is 7.22. The van der Waals surface area contributed by atoms with Gasteiger partial charge in [-0.15, -0.1) is 0 Å². The predicted molar refractivity (Wildman–Crippen MR) is 73.1 cm³/mol. The molecule has 114 valence electrons. The minimum Gasteiger partial charge on any atom is -0.481 e. The highest BCUT2D eigenvalue weighted by molar-refractivity contribution is 5.84. The summed E-state index contributed by atoms with van der Waals surface area (Å²) < 4.78 is 5.32. The molecule has 0 aromatic carbocycles. The molecule has 2 aliphatic rings. The van der Waals surface area contributed by atoms with Crippen LogP contribution in [0.25, 0.3) is 0 Å². The van der Waals surface area contributed by atoms with Crippen molar-refractivity contribution in [1.82, 2.24) is 4.90 Å². The van der Waals surface area contributed by atoms with E-state index in [2.05, 4.69) is 0 Å². The van der Waals surface area contributed by atoms with Gasteiger partial charge in [0, 0.05) is 19.1 Å². The van der Waals surface area contributed by atoms with Gasteiger partial charge in [-0.3, -0.25) is 9.59 Å². The van der Waals surface area contributed by atoms with Crippen molar-refractivity contribution < 1.29 is 19.4 Å². The zero-order valence-corrected chi connectivity index (χ0v) is 12.2. The third kappa shape index (κ3) is 2.31. The van der Waals surface area contributed by atoms with Crippen molar-refractivity contribution in [3.63, 3.8) is 0 Å². The molecule has 0 radical (unpaired) electrons. The first kappa shape index (κ1) is 15.3. The summed E-state index contributed by atoms with van der Waals surface area (Å²) in [5.74, 6) is -0.753. The average molecular weight is 284 g/mol. The van der Waals surface area contributed by atoms with E-state index in [1.165, 1.54) is 0 Å². The lowest BCUT2D eigenvalue weighted by Gasteiger charge is -2.41. The van der Waals surface area contributed by atoms with E-state index in [1.54, 1.807) is 4.90 Å². The number of piperidine rings is 1. The number of nitrogens with zero attached hydrogens (tertiary/aromatic N) is 1. The molecule has 0 saturated carbocycles.